The number of epoxide rings is 1. The summed E-state index contributed by atoms with van der Waals surface area (Å²) in [7, 11) is -1.32. The minimum absolute atomic E-state index is 0.432. The molecule has 1 rings (SSSR count). The van der Waals surface area contributed by atoms with Crippen LogP contribution >= 0.6 is 0 Å². The van der Waals surface area contributed by atoms with Gasteiger partial charge in [0.2, 0.25) is 8.32 Å². The standard InChI is InChI=1S/C6H12O2.C6H14OSi/c1-2-3-7-4-6-5-8-6;1-6(2)7-8(3,4)5/h6H,2-5H2,1H3;1H2,2-5H3. The van der Waals surface area contributed by atoms with Gasteiger partial charge in [-0.3, -0.25) is 0 Å². The summed E-state index contributed by atoms with van der Waals surface area (Å²) in [6.45, 7) is 16.6. The number of hydrogen-bond donors (Lipinski definition) is 0. The quantitative estimate of drug-likeness (QED) is 0.312. The summed E-state index contributed by atoms with van der Waals surface area (Å²) >= 11 is 0. The van der Waals surface area contributed by atoms with E-state index < -0.39 is 8.32 Å². The van der Waals surface area contributed by atoms with Crippen molar-refractivity contribution in [2.75, 3.05) is 19.8 Å². The second-order valence-electron chi connectivity index (χ2n) is 4.95. The summed E-state index contributed by atoms with van der Waals surface area (Å²) in [5, 5.41) is 0. The van der Waals surface area contributed by atoms with E-state index in [2.05, 4.69) is 33.1 Å². The molecule has 1 aliphatic rings. The Morgan fingerprint density at radius 1 is 1.44 bits per heavy atom. The van der Waals surface area contributed by atoms with E-state index in [9.17, 15) is 0 Å². The van der Waals surface area contributed by atoms with Crippen LogP contribution in [0.3, 0.4) is 0 Å². The molecular weight excluding hydrogens is 220 g/mol. The lowest BCUT2D eigenvalue weighted by Gasteiger charge is -2.18. The van der Waals surface area contributed by atoms with E-state index in [1.165, 1.54) is 0 Å². The van der Waals surface area contributed by atoms with Crippen LogP contribution in [-0.2, 0) is 13.9 Å². The summed E-state index contributed by atoms with van der Waals surface area (Å²) in [5.41, 5.74) is 0. The van der Waals surface area contributed by atoms with Gasteiger partial charge in [-0.25, -0.2) is 0 Å². The van der Waals surface area contributed by atoms with E-state index in [4.69, 9.17) is 13.9 Å². The molecular formula is C12H26O3Si. The molecule has 0 spiro atoms. The zero-order valence-corrected chi connectivity index (χ0v) is 12.3. The highest BCUT2D eigenvalue weighted by molar-refractivity contribution is 6.70. The second kappa shape index (κ2) is 7.87. The predicted molar refractivity (Wildman–Crippen MR) is 70.1 cm³/mol. The molecule has 1 heterocycles. The Bertz CT molecular complexity index is 195. The molecule has 0 saturated carbocycles. The molecule has 0 bridgehead atoms. The van der Waals surface area contributed by atoms with Crippen molar-refractivity contribution in [3.05, 3.63) is 12.3 Å². The average molecular weight is 246 g/mol. The fourth-order valence-corrected chi connectivity index (χ4v) is 2.09. The number of hydrogen-bond acceptors (Lipinski definition) is 3. The van der Waals surface area contributed by atoms with E-state index in [0.717, 1.165) is 32.0 Å². The van der Waals surface area contributed by atoms with Crippen LogP contribution in [-0.4, -0.2) is 34.2 Å². The smallest absolute Gasteiger partial charge is 0.241 e. The van der Waals surface area contributed by atoms with Crippen LogP contribution in [0.2, 0.25) is 19.6 Å². The molecule has 16 heavy (non-hydrogen) atoms. The van der Waals surface area contributed by atoms with Crippen LogP contribution in [0.4, 0.5) is 0 Å². The zero-order valence-electron chi connectivity index (χ0n) is 11.3. The van der Waals surface area contributed by atoms with Gasteiger partial charge in [-0.1, -0.05) is 13.5 Å². The molecule has 1 aliphatic heterocycles. The van der Waals surface area contributed by atoms with E-state index in [1.54, 1.807) is 0 Å². The second-order valence-corrected chi connectivity index (χ2v) is 9.38. The maximum atomic E-state index is 5.38. The number of allylic oxidation sites excluding steroid dienone is 1. The molecule has 0 aromatic rings. The van der Waals surface area contributed by atoms with Crippen molar-refractivity contribution in [3.8, 4) is 0 Å². The van der Waals surface area contributed by atoms with Gasteiger partial charge < -0.3 is 13.9 Å². The molecule has 0 aliphatic carbocycles. The first kappa shape index (κ1) is 15.7. The minimum Gasteiger partial charge on any atom is -0.548 e. The van der Waals surface area contributed by atoms with Crippen molar-refractivity contribution < 1.29 is 13.9 Å². The summed E-state index contributed by atoms with van der Waals surface area (Å²) in [6.07, 6.45) is 1.54. The molecule has 0 N–H and O–H groups in total. The summed E-state index contributed by atoms with van der Waals surface area (Å²) < 4.78 is 15.5. The molecule has 4 heteroatoms. The number of rotatable bonds is 6. The van der Waals surface area contributed by atoms with Gasteiger partial charge in [0.25, 0.3) is 0 Å². The van der Waals surface area contributed by atoms with Crippen LogP contribution in [0.25, 0.3) is 0 Å². The fraction of sp³-hybridized carbons (Fsp3) is 0.833. The molecule has 0 radical (unpaired) electrons. The molecule has 1 saturated heterocycles. The van der Waals surface area contributed by atoms with Gasteiger partial charge in [0.15, 0.2) is 0 Å². The van der Waals surface area contributed by atoms with E-state index in [-0.39, 0.29) is 0 Å². The first-order valence-electron chi connectivity index (χ1n) is 5.89. The molecule has 0 aromatic heterocycles. The van der Waals surface area contributed by atoms with Gasteiger partial charge in [0.1, 0.15) is 6.10 Å². The van der Waals surface area contributed by atoms with Crippen molar-refractivity contribution >= 4 is 8.32 Å². The normalized spacial score (nSPS) is 18.4. The Kier molecular flexibility index (Phi) is 7.71. The Labute approximate surface area is 101 Å². The van der Waals surface area contributed by atoms with Gasteiger partial charge in [0.05, 0.1) is 19.0 Å². The maximum absolute atomic E-state index is 5.38. The topological polar surface area (TPSA) is 31.0 Å². The van der Waals surface area contributed by atoms with Crippen LogP contribution < -0.4 is 0 Å². The highest BCUT2D eigenvalue weighted by Crippen LogP contribution is 2.08. The molecule has 0 aromatic carbocycles. The van der Waals surface area contributed by atoms with Crippen molar-refractivity contribution in [2.24, 2.45) is 0 Å². The lowest BCUT2D eigenvalue weighted by molar-refractivity contribution is 0.117. The third-order valence-electron chi connectivity index (χ3n) is 1.53. The van der Waals surface area contributed by atoms with E-state index in [0.29, 0.717) is 6.10 Å². The molecule has 3 nitrogen and oxygen atoms in total. The fourth-order valence-electron chi connectivity index (χ4n) is 1.05. The summed E-state index contributed by atoms with van der Waals surface area (Å²) in [4.78, 5) is 0. The largest absolute Gasteiger partial charge is 0.548 e. The minimum atomic E-state index is -1.32. The SMILES string of the molecule is C=C(C)O[Si](C)(C)C.CCCOCC1CO1. The Balaban J connectivity index is 0.000000281. The number of ether oxygens (including phenoxy) is 2. The molecule has 1 unspecified atom stereocenters. The Hall–Kier alpha value is -0.323. The lowest BCUT2D eigenvalue weighted by atomic mass is 10.5. The highest BCUT2D eigenvalue weighted by Gasteiger charge is 2.21. The van der Waals surface area contributed by atoms with Crippen molar-refractivity contribution in [1.29, 1.82) is 0 Å². The predicted octanol–water partition coefficient (Wildman–Crippen LogP) is 3.18. The van der Waals surface area contributed by atoms with Crippen LogP contribution in [0.15, 0.2) is 12.3 Å². The lowest BCUT2D eigenvalue weighted by Crippen LogP contribution is -2.23. The van der Waals surface area contributed by atoms with Crippen LogP contribution in [0, 0.1) is 0 Å². The van der Waals surface area contributed by atoms with Crippen LogP contribution in [0.5, 0.6) is 0 Å². The molecule has 96 valence electrons. The summed E-state index contributed by atoms with van der Waals surface area (Å²) in [5.74, 6) is 0.837. The Morgan fingerprint density at radius 2 is 2.00 bits per heavy atom. The van der Waals surface area contributed by atoms with Crippen molar-refractivity contribution in [1.82, 2.24) is 0 Å². The monoisotopic (exact) mass is 246 g/mol. The van der Waals surface area contributed by atoms with E-state index in [1.807, 2.05) is 6.92 Å². The summed E-state index contributed by atoms with van der Waals surface area (Å²) in [6, 6.07) is 0. The van der Waals surface area contributed by atoms with Gasteiger partial charge in [0, 0.05) is 6.61 Å². The molecule has 0 amide bonds. The Morgan fingerprint density at radius 3 is 2.25 bits per heavy atom. The third kappa shape index (κ3) is 13.7. The molecule has 1 fully saturated rings. The van der Waals surface area contributed by atoms with Gasteiger partial charge >= 0.3 is 0 Å². The van der Waals surface area contributed by atoms with Gasteiger partial charge in [-0.05, 0) is 33.0 Å². The first-order valence-corrected chi connectivity index (χ1v) is 9.30. The van der Waals surface area contributed by atoms with Crippen molar-refractivity contribution in [3.63, 3.8) is 0 Å². The highest BCUT2D eigenvalue weighted by atomic mass is 28.4. The maximum Gasteiger partial charge on any atom is 0.241 e. The van der Waals surface area contributed by atoms with Crippen molar-refractivity contribution in [2.45, 2.75) is 46.0 Å². The average Bonchev–Trinajstić information content (AvgIpc) is 2.84. The molecule has 1 atom stereocenters. The van der Waals surface area contributed by atoms with Gasteiger partial charge in [-0.2, -0.15) is 0 Å². The first-order chi connectivity index (χ1) is 7.35. The third-order valence-corrected chi connectivity index (χ3v) is 2.50. The van der Waals surface area contributed by atoms with E-state index >= 15 is 0 Å². The van der Waals surface area contributed by atoms with Gasteiger partial charge in [-0.15, -0.1) is 0 Å². The zero-order chi connectivity index (χ0) is 12.6. The van der Waals surface area contributed by atoms with Crippen LogP contribution in [0.1, 0.15) is 20.3 Å².